The Morgan fingerprint density at radius 1 is 0.844 bits per heavy atom. The number of hydrogen-bond acceptors (Lipinski definition) is 2. The smallest absolute Gasteiger partial charge is 0.192 e. The summed E-state index contributed by atoms with van der Waals surface area (Å²) in [5, 5.41) is 0.247. The van der Waals surface area contributed by atoms with Gasteiger partial charge in [0.2, 0.25) is 0 Å². The molecule has 1 aliphatic carbocycles. The van der Waals surface area contributed by atoms with Crippen molar-refractivity contribution in [1.82, 2.24) is 0 Å². The molecule has 32 heavy (non-hydrogen) atoms. The lowest BCUT2D eigenvalue weighted by molar-refractivity contribution is 0.165. The molecule has 0 spiro atoms. The number of nitrogens with zero attached hydrogens (tertiary/aromatic N) is 1. The van der Waals surface area contributed by atoms with Gasteiger partial charge in [-0.2, -0.15) is 0 Å². The summed E-state index contributed by atoms with van der Waals surface area (Å²) in [6.07, 6.45) is 3.50. The van der Waals surface area contributed by atoms with Crippen LogP contribution in [-0.2, 0) is 17.3 Å². The van der Waals surface area contributed by atoms with E-state index in [0.29, 0.717) is 6.10 Å². The zero-order chi connectivity index (χ0) is 22.8. The highest BCUT2D eigenvalue weighted by Crippen LogP contribution is 2.39. The van der Waals surface area contributed by atoms with Gasteiger partial charge in [-0.15, -0.1) is 0 Å². The maximum absolute atomic E-state index is 6.72. The average molecular weight is 442 g/mol. The molecule has 2 nitrogen and oxygen atoms in total. The molecule has 4 rings (SSSR count). The van der Waals surface area contributed by atoms with Gasteiger partial charge < -0.3 is 4.43 Å². The summed E-state index contributed by atoms with van der Waals surface area (Å²) in [6, 6.07) is 27.6. The Kier molecular flexibility index (Phi) is 6.50. The number of aliphatic imine (C=N–C) groups is 1. The first-order chi connectivity index (χ1) is 15.2. The van der Waals surface area contributed by atoms with Gasteiger partial charge >= 0.3 is 0 Å². The molecule has 0 bridgehead atoms. The van der Waals surface area contributed by atoms with Crippen LogP contribution in [0, 0.1) is 0 Å². The molecule has 0 saturated heterocycles. The summed E-state index contributed by atoms with van der Waals surface area (Å²) in [7, 11) is -1.74. The average Bonchev–Trinajstić information content (AvgIpc) is 2.77. The van der Waals surface area contributed by atoms with Gasteiger partial charge in [0.25, 0.3) is 0 Å². The monoisotopic (exact) mass is 441 g/mol. The molecule has 0 radical (unpaired) electrons. The number of hydrogen-bond donors (Lipinski definition) is 0. The Bertz CT molecular complexity index is 1040. The number of benzene rings is 3. The Morgan fingerprint density at radius 2 is 1.44 bits per heavy atom. The van der Waals surface area contributed by atoms with Crippen LogP contribution < -0.4 is 0 Å². The highest BCUT2D eigenvalue weighted by Gasteiger charge is 2.39. The Morgan fingerprint density at radius 3 is 2.00 bits per heavy atom. The zero-order valence-corrected chi connectivity index (χ0v) is 21.1. The van der Waals surface area contributed by atoms with E-state index in [-0.39, 0.29) is 5.04 Å². The summed E-state index contributed by atoms with van der Waals surface area (Å²) < 4.78 is 6.72. The van der Waals surface area contributed by atoms with Gasteiger partial charge in [0, 0.05) is 17.2 Å². The van der Waals surface area contributed by atoms with E-state index in [4.69, 9.17) is 9.42 Å². The largest absolute Gasteiger partial charge is 0.414 e. The van der Waals surface area contributed by atoms with Crippen molar-refractivity contribution < 1.29 is 4.43 Å². The van der Waals surface area contributed by atoms with Crippen LogP contribution in [0.4, 0.5) is 5.69 Å². The van der Waals surface area contributed by atoms with Crippen molar-refractivity contribution in [1.29, 1.82) is 0 Å². The minimum absolute atomic E-state index is 0.247. The number of fused-ring (bicyclic) bond motifs is 1. The Balaban J connectivity index is 1.60. The Labute approximate surface area is 194 Å². The van der Waals surface area contributed by atoms with Gasteiger partial charge in [0.05, 0.1) is 11.4 Å². The van der Waals surface area contributed by atoms with E-state index in [1.54, 1.807) is 0 Å². The van der Waals surface area contributed by atoms with E-state index in [2.05, 4.69) is 101 Å². The second kappa shape index (κ2) is 9.17. The van der Waals surface area contributed by atoms with Crippen LogP contribution in [0.2, 0.25) is 18.1 Å². The molecular formula is C29H35NOSi. The second-order valence-electron chi connectivity index (χ2n) is 10.4. The summed E-state index contributed by atoms with van der Waals surface area (Å²) in [5.41, 5.74) is 7.15. The molecule has 3 aromatic rings. The van der Waals surface area contributed by atoms with Crippen LogP contribution in [0.25, 0.3) is 0 Å². The topological polar surface area (TPSA) is 21.6 Å². The van der Waals surface area contributed by atoms with Gasteiger partial charge in [0.15, 0.2) is 8.32 Å². The lowest BCUT2D eigenvalue weighted by Crippen LogP contribution is -2.45. The van der Waals surface area contributed by atoms with E-state index in [1.807, 2.05) is 12.1 Å². The second-order valence-corrected chi connectivity index (χ2v) is 15.1. The molecule has 0 N–H and O–H groups in total. The molecule has 0 heterocycles. The van der Waals surface area contributed by atoms with Gasteiger partial charge in [-0.05, 0) is 60.7 Å². The SMILES string of the molecule is CC(C)(C)[Si](C)(C)OC1CCc2cc(N=C(c3ccccc3)c3ccccc3)ccc2C1. The van der Waals surface area contributed by atoms with Crippen LogP contribution in [0.1, 0.15) is 49.4 Å². The van der Waals surface area contributed by atoms with Crippen molar-refractivity contribution in [2.75, 3.05) is 0 Å². The zero-order valence-electron chi connectivity index (χ0n) is 20.1. The van der Waals surface area contributed by atoms with Crippen molar-refractivity contribution in [2.24, 2.45) is 4.99 Å². The summed E-state index contributed by atoms with van der Waals surface area (Å²) in [6.45, 7) is 11.7. The van der Waals surface area contributed by atoms with Gasteiger partial charge in [-0.25, -0.2) is 4.99 Å². The third-order valence-electron chi connectivity index (χ3n) is 6.98. The third-order valence-corrected chi connectivity index (χ3v) is 11.5. The van der Waals surface area contributed by atoms with Crippen molar-refractivity contribution in [3.05, 3.63) is 101 Å². The molecule has 1 unspecified atom stereocenters. The van der Waals surface area contributed by atoms with E-state index in [9.17, 15) is 0 Å². The first kappa shape index (κ1) is 22.7. The first-order valence-electron chi connectivity index (χ1n) is 11.7. The molecule has 1 atom stereocenters. The minimum atomic E-state index is -1.74. The summed E-state index contributed by atoms with van der Waals surface area (Å²) in [5.74, 6) is 0. The Hall–Kier alpha value is -2.49. The highest BCUT2D eigenvalue weighted by atomic mass is 28.4. The summed E-state index contributed by atoms with van der Waals surface area (Å²) >= 11 is 0. The molecule has 0 fully saturated rings. The fourth-order valence-electron chi connectivity index (χ4n) is 4.09. The molecule has 3 heteroatoms. The van der Waals surface area contributed by atoms with Crippen molar-refractivity contribution in [3.8, 4) is 0 Å². The van der Waals surface area contributed by atoms with Crippen molar-refractivity contribution in [3.63, 3.8) is 0 Å². The van der Waals surface area contributed by atoms with E-state index in [1.165, 1.54) is 11.1 Å². The van der Waals surface area contributed by atoms with Gasteiger partial charge in [0.1, 0.15) is 0 Å². The standard InChI is InChI=1S/C29H35NOSi/c1-29(2,3)32(4,5)31-27-19-17-24-20-26(18-16-25(24)21-27)30-28(22-12-8-6-9-13-22)23-14-10-7-11-15-23/h6-16,18,20,27H,17,19,21H2,1-5H3. The molecule has 1 aliphatic rings. The molecule has 0 aliphatic heterocycles. The maximum Gasteiger partial charge on any atom is 0.192 e. The minimum Gasteiger partial charge on any atom is -0.414 e. The first-order valence-corrected chi connectivity index (χ1v) is 14.6. The molecular weight excluding hydrogens is 406 g/mol. The van der Waals surface area contributed by atoms with Crippen LogP contribution in [-0.4, -0.2) is 20.1 Å². The lowest BCUT2D eigenvalue weighted by atomic mass is 9.89. The lowest BCUT2D eigenvalue weighted by Gasteiger charge is -2.40. The van der Waals surface area contributed by atoms with Crippen LogP contribution >= 0.6 is 0 Å². The molecule has 166 valence electrons. The van der Waals surface area contributed by atoms with Crippen molar-refractivity contribution in [2.45, 2.75) is 64.3 Å². The van der Waals surface area contributed by atoms with Gasteiger partial charge in [-0.3, -0.25) is 0 Å². The molecule has 0 amide bonds. The number of aryl methyl sites for hydroxylation is 1. The van der Waals surface area contributed by atoms with Crippen LogP contribution in [0.15, 0.2) is 83.9 Å². The van der Waals surface area contributed by atoms with Crippen molar-refractivity contribution >= 4 is 19.7 Å². The fraction of sp³-hybridized carbons (Fsp3) is 0.345. The molecule has 0 saturated carbocycles. The number of rotatable bonds is 5. The molecule has 3 aromatic carbocycles. The third kappa shape index (κ3) is 5.11. The van der Waals surface area contributed by atoms with E-state index in [0.717, 1.165) is 41.8 Å². The fourth-order valence-corrected chi connectivity index (χ4v) is 5.48. The highest BCUT2D eigenvalue weighted by molar-refractivity contribution is 6.74. The van der Waals surface area contributed by atoms with E-state index >= 15 is 0 Å². The summed E-state index contributed by atoms with van der Waals surface area (Å²) in [4.78, 5) is 5.11. The quantitative estimate of drug-likeness (QED) is 0.293. The van der Waals surface area contributed by atoms with Gasteiger partial charge in [-0.1, -0.05) is 87.5 Å². The van der Waals surface area contributed by atoms with Crippen LogP contribution in [0.5, 0.6) is 0 Å². The van der Waals surface area contributed by atoms with E-state index < -0.39 is 8.32 Å². The van der Waals surface area contributed by atoms with Crippen LogP contribution in [0.3, 0.4) is 0 Å². The normalized spacial score (nSPS) is 16.3. The predicted molar refractivity (Wildman–Crippen MR) is 139 cm³/mol. The predicted octanol–water partition coefficient (Wildman–Crippen LogP) is 7.73. The maximum atomic E-state index is 6.72. The molecule has 0 aromatic heterocycles.